The van der Waals surface area contributed by atoms with Crippen molar-refractivity contribution in [2.75, 3.05) is 19.4 Å². The van der Waals surface area contributed by atoms with Gasteiger partial charge in [0.15, 0.2) is 0 Å². The molecular weight excluding hydrogens is 393 g/mol. The van der Waals surface area contributed by atoms with Crippen molar-refractivity contribution in [3.05, 3.63) is 53.2 Å². The molecule has 0 saturated carbocycles. The number of rotatable bonds is 6. The number of aromatic nitrogens is 1. The van der Waals surface area contributed by atoms with Gasteiger partial charge >= 0.3 is 7.60 Å². The molecule has 0 fully saturated rings. The zero-order valence-electron chi connectivity index (χ0n) is 14.7. The van der Waals surface area contributed by atoms with Crippen molar-refractivity contribution in [1.82, 2.24) is 9.88 Å². The molecule has 1 aromatic carbocycles. The molecule has 2 amide bonds. The maximum atomic E-state index is 13.1. The first-order valence-corrected chi connectivity index (χ1v) is 9.66. The third-order valence-electron chi connectivity index (χ3n) is 3.86. The van der Waals surface area contributed by atoms with E-state index in [1.807, 2.05) is 0 Å². The summed E-state index contributed by atoms with van der Waals surface area (Å²) < 4.78 is 24.1. The molecule has 1 aromatic heterocycles. The van der Waals surface area contributed by atoms with Crippen molar-refractivity contribution >= 4 is 37.6 Å². The molecule has 10 heteroatoms. The molecule has 1 aliphatic heterocycles. The Hall–Kier alpha value is -2.41. The quantitative estimate of drug-likeness (QED) is 0.574. The maximum Gasteiger partial charge on any atom is 0.383 e. The smallest absolute Gasteiger partial charge is 0.383 e. The van der Waals surface area contributed by atoms with Crippen LogP contribution in [0.2, 0.25) is 0 Å². The van der Waals surface area contributed by atoms with Gasteiger partial charge in [-0.15, -0.1) is 12.4 Å². The number of anilines is 1. The molecule has 144 valence electrons. The Bertz CT molecular complexity index is 919. The first-order valence-electron chi connectivity index (χ1n) is 7.93. The average molecular weight is 412 g/mol. The van der Waals surface area contributed by atoms with E-state index in [-0.39, 0.29) is 42.4 Å². The van der Waals surface area contributed by atoms with Crippen molar-refractivity contribution in [3.8, 4) is 5.75 Å². The van der Waals surface area contributed by atoms with Crippen molar-refractivity contribution < 1.29 is 23.2 Å². The standard InChI is InChI=1S/C17H18N3O5P.ClH/c1-3-24-26(23,10-11-4-7-15(18)19-9-11)25-12-5-6-13-14(8-12)17(22)20(2)16(13)21;/h4-9H,3,10H2,1-2H3,(H2,18,19);1H. The number of carbonyl (C=O) groups excluding carboxylic acids is 2. The van der Waals surface area contributed by atoms with Crippen LogP contribution < -0.4 is 10.3 Å². The Labute approximate surface area is 162 Å². The fourth-order valence-corrected chi connectivity index (χ4v) is 4.28. The number of carbonyl (C=O) groups is 2. The molecule has 3 rings (SSSR count). The lowest BCUT2D eigenvalue weighted by Crippen LogP contribution is -2.24. The van der Waals surface area contributed by atoms with Crippen LogP contribution in [0.1, 0.15) is 33.2 Å². The highest BCUT2D eigenvalue weighted by Crippen LogP contribution is 2.51. The summed E-state index contributed by atoms with van der Waals surface area (Å²) in [7, 11) is -2.14. The van der Waals surface area contributed by atoms with Gasteiger partial charge in [0.1, 0.15) is 11.6 Å². The van der Waals surface area contributed by atoms with Crippen LogP contribution in [0.5, 0.6) is 5.75 Å². The normalized spacial score (nSPS) is 15.1. The van der Waals surface area contributed by atoms with Gasteiger partial charge in [0, 0.05) is 13.2 Å². The highest BCUT2D eigenvalue weighted by atomic mass is 35.5. The molecule has 1 aliphatic rings. The molecule has 0 spiro atoms. The van der Waals surface area contributed by atoms with E-state index in [0.717, 1.165) is 4.90 Å². The Morgan fingerprint density at radius 3 is 2.48 bits per heavy atom. The molecular formula is C17H19ClN3O5P. The van der Waals surface area contributed by atoms with Crippen LogP contribution in [0.3, 0.4) is 0 Å². The lowest BCUT2D eigenvalue weighted by molar-refractivity contribution is 0.0693. The number of amides is 2. The first kappa shape index (κ1) is 20.9. The number of imide groups is 1. The maximum absolute atomic E-state index is 13.1. The molecule has 27 heavy (non-hydrogen) atoms. The van der Waals surface area contributed by atoms with Gasteiger partial charge in [0.2, 0.25) is 0 Å². The second-order valence-corrected chi connectivity index (χ2v) is 7.72. The average Bonchev–Trinajstić information content (AvgIpc) is 2.81. The van der Waals surface area contributed by atoms with Gasteiger partial charge < -0.3 is 10.3 Å². The van der Waals surface area contributed by atoms with Gasteiger partial charge in [-0.1, -0.05) is 6.07 Å². The summed E-state index contributed by atoms with van der Waals surface area (Å²) in [6.07, 6.45) is 1.50. The van der Waals surface area contributed by atoms with Gasteiger partial charge in [-0.3, -0.25) is 19.0 Å². The zero-order chi connectivity index (χ0) is 18.9. The number of hydrogen-bond donors (Lipinski definition) is 1. The second-order valence-electron chi connectivity index (χ2n) is 5.75. The molecule has 0 aliphatic carbocycles. The van der Waals surface area contributed by atoms with Crippen molar-refractivity contribution in [3.63, 3.8) is 0 Å². The summed E-state index contributed by atoms with van der Waals surface area (Å²) in [6.45, 7) is 1.89. The number of nitrogens with zero attached hydrogens (tertiary/aromatic N) is 2. The monoisotopic (exact) mass is 411 g/mol. The number of nitrogens with two attached hydrogens (primary N) is 1. The van der Waals surface area contributed by atoms with Crippen LogP contribution in [0.15, 0.2) is 36.5 Å². The molecule has 1 unspecified atom stereocenters. The van der Waals surface area contributed by atoms with E-state index in [4.69, 9.17) is 14.8 Å². The van der Waals surface area contributed by atoms with Crippen LogP contribution >= 0.6 is 20.0 Å². The number of hydrogen-bond acceptors (Lipinski definition) is 7. The number of pyridine rings is 1. The highest BCUT2D eigenvalue weighted by Gasteiger charge is 2.34. The molecule has 0 saturated heterocycles. The van der Waals surface area contributed by atoms with Crippen LogP contribution in [0, 0.1) is 0 Å². The predicted octanol–water partition coefficient (Wildman–Crippen LogP) is 3.12. The summed E-state index contributed by atoms with van der Waals surface area (Å²) in [6, 6.07) is 7.68. The van der Waals surface area contributed by atoms with Crippen LogP contribution in [0.4, 0.5) is 5.82 Å². The largest absolute Gasteiger partial charge is 0.424 e. The third kappa shape index (κ3) is 4.30. The van der Waals surface area contributed by atoms with E-state index in [2.05, 4.69) is 4.98 Å². The van der Waals surface area contributed by atoms with Crippen LogP contribution in [-0.4, -0.2) is 35.4 Å². The first-order chi connectivity index (χ1) is 12.3. The highest BCUT2D eigenvalue weighted by molar-refractivity contribution is 7.53. The Morgan fingerprint density at radius 1 is 1.15 bits per heavy atom. The minimum absolute atomic E-state index is 0. The Balaban J connectivity index is 0.00000261. The van der Waals surface area contributed by atoms with Crippen molar-refractivity contribution in [2.45, 2.75) is 13.1 Å². The van der Waals surface area contributed by atoms with E-state index >= 15 is 0 Å². The fraction of sp³-hybridized carbons (Fsp3) is 0.235. The summed E-state index contributed by atoms with van der Waals surface area (Å²) in [5.74, 6) is -0.255. The minimum atomic E-state index is -3.54. The van der Waals surface area contributed by atoms with Crippen molar-refractivity contribution in [1.29, 1.82) is 0 Å². The van der Waals surface area contributed by atoms with E-state index < -0.39 is 13.5 Å². The molecule has 8 nitrogen and oxygen atoms in total. The van der Waals surface area contributed by atoms with Crippen molar-refractivity contribution in [2.24, 2.45) is 0 Å². The topological polar surface area (TPSA) is 112 Å². The summed E-state index contributed by atoms with van der Waals surface area (Å²) in [4.78, 5) is 29.0. The zero-order valence-corrected chi connectivity index (χ0v) is 16.5. The second kappa shape index (κ2) is 8.08. The SMILES string of the molecule is CCOP(=O)(Cc1ccc(N)nc1)Oc1ccc2c(c1)C(=O)N(C)C2=O.Cl. The number of benzene rings is 1. The van der Waals surface area contributed by atoms with Gasteiger partial charge in [-0.25, -0.2) is 9.55 Å². The number of fused-ring (bicyclic) bond motifs is 1. The molecule has 2 heterocycles. The van der Waals surface area contributed by atoms with Gasteiger partial charge in [0.05, 0.1) is 23.9 Å². The van der Waals surface area contributed by atoms with E-state index in [1.54, 1.807) is 19.1 Å². The molecule has 2 aromatic rings. The minimum Gasteiger partial charge on any atom is -0.424 e. The van der Waals surface area contributed by atoms with Gasteiger partial charge in [0.25, 0.3) is 11.8 Å². The fourth-order valence-electron chi connectivity index (χ4n) is 2.61. The summed E-state index contributed by atoms with van der Waals surface area (Å²) in [5, 5.41) is 0. The number of halogens is 1. The van der Waals surface area contributed by atoms with E-state index in [1.165, 1.54) is 31.4 Å². The Kier molecular flexibility index (Phi) is 6.26. The molecule has 2 N–H and O–H groups in total. The lowest BCUT2D eigenvalue weighted by atomic mass is 10.1. The van der Waals surface area contributed by atoms with E-state index in [0.29, 0.717) is 16.9 Å². The lowest BCUT2D eigenvalue weighted by Gasteiger charge is -2.19. The van der Waals surface area contributed by atoms with Gasteiger partial charge in [-0.05, 0) is 36.8 Å². The summed E-state index contributed by atoms with van der Waals surface area (Å²) >= 11 is 0. The predicted molar refractivity (Wildman–Crippen MR) is 102 cm³/mol. The number of nitrogen functional groups attached to an aromatic ring is 1. The molecule has 0 bridgehead atoms. The van der Waals surface area contributed by atoms with Crippen LogP contribution in [-0.2, 0) is 15.3 Å². The van der Waals surface area contributed by atoms with Crippen LogP contribution in [0.25, 0.3) is 0 Å². The molecule has 0 radical (unpaired) electrons. The van der Waals surface area contributed by atoms with Gasteiger partial charge in [-0.2, -0.15) is 0 Å². The van der Waals surface area contributed by atoms with E-state index in [9.17, 15) is 14.2 Å². The Morgan fingerprint density at radius 2 is 1.85 bits per heavy atom. The molecule has 1 atom stereocenters. The summed E-state index contributed by atoms with van der Waals surface area (Å²) in [5.41, 5.74) is 6.70. The third-order valence-corrected chi connectivity index (χ3v) is 5.75.